The Labute approximate surface area is 286 Å². The van der Waals surface area contributed by atoms with Gasteiger partial charge in [-0.25, -0.2) is 0 Å². The number of benzene rings is 7. The van der Waals surface area contributed by atoms with Crippen LogP contribution in [-0.4, -0.2) is 4.37 Å². The molecule has 0 atom stereocenters. The van der Waals surface area contributed by atoms with Crippen LogP contribution in [0.3, 0.4) is 0 Å². The molecule has 7 aromatic rings. The van der Waals surface area contributed by atoms with E-state index in [9.17, 15) is 0 Å². The van der Waals surface area contributed by atoms with E-state index < -0.39 is 0 Å². The van der Waals surface area contributed by atoms with E-state index in [1.54, 1.807) is 0 Å². The molecular weight excluding hydrogens is 653 g/mol. The van der Waals surface area contributed by atoms with Crippen LogP contribution in [0.15, 0.2) is 140 Å². The van der Waals surface area contributed by atoms with E-state index in [1.165, 1.54) is 94.8 Å². The molecule has 0 aromatic heterocycles. The van der Waals surface area contributed by atoms with E-state index >= 15 is 0 Å². The zero-order valence-electron chi connectivity index (χ0n) is 24.0. The van der Waals surface area contributed by atoms with E-state index in [4.69, 9.17) is 0 Å². The number of rotatable bonds is 1. The summed E-state index contributed by atoms with van der Waals surface area (Å²) in [7, 11) is 0. The van der Waals surface area contributed by atoms with Crippen LogP contribution in [0.5, 0.6) is 0 Å². The number of allylic oxidation sites excluding steroid dienone is 2. The molecule has 0 spiro atoms. The Morgan fingerprint density at radius 3 is 1.32 bits per heavy atom. The minimum atomic E-state index is 0. The van der Waals surface area contributed by atoms with E-state index in [2.05, 4.69) is 150 Å². The van der Waals surface area contributed by atoms with Crippen LogP contribution in [-0.2, 0) is 36.8 Å². The molecule has 2 aliphatic rings. The van der Waals surface area contributed by atoms with Crippen LogP contribution in [0.4, 0.5) is 0 Å². The van der Waals surface area contributed by atoms with Crippen molar-refractivity contribution in [3.63, 3.8) is 0 Å². The molecule has 0 saturated heterocycles. The zero-order valence-corrected chi connectivity index (χ0v) is 28.0. The SMILES string of the molecule is [C-]1=CCc2c1ccc1ccc3ccccc3c21.[C-]1=CCc2c1ccc1ccc3ccccc3c21.[Cl-].[Cl-].[Zr+2]=[B]c1ccccc1. The quantitative estimate of drug-likeness (QED) is 0.142. The third-order valence-corrected chi connectivity index (χ3v) is 8.95. The summed E-state index contributed by atoms with van der Waals surface area (Å²) in [5.41, 5.74) is 6.70. The van der Waals surface area contributed by atoms with Crippen molar-refractivity contribution in [3.8, 4) is 0 Å². The summed E-state index contributed by atoms with van der Waals surface area (Å²) in [4.78, 5) is 0. The van der Waals surface area contributed by atoms with Gasteiger partial charge in [0, 0.05) is 0 Å². The van der Waals surface area contributed by atoms with Gasteiger partial charge in [-0.15, -0.1) is 23.3 Å². The van der Waals surface area contributed by atoms with Crippen LogP contribution < -0.4 is 30.3 Å². The van der Waals surface area contributed by atoms with Gasteiger partial charge in [0.15, 0.2) is 0 Å². The van der Waals surface area contributed by atoms with Crippen LogP contribution in [0.1, 0.15) is 22.3 Å². The van der Waals surface area contributed by atoms with Crippen LogP contribution in [0, 0.1) is 12.2 Å². The average Bonchev–Trinajstić information content (AvgIpc) is 3.75. The van der Waals surface area contributed by atoms with Gasteiger partial charge in [0.2, 0.25) is 0 Å². The summed E-state index contributed by atoms with van der Waals surface area (Å²) >= 11 is 1.46. The van der Waals surface area contributed by atoms with Gasteiger partial charge in [-0.05, 0) is 32.3 Å². The molecule has 9 rings (SSSR count). The van der Waals surface area contributed by atoms with Gasteiger partial charge in [0.25, 0.3) is 0 Å². The van der Waals surface area contributed by atoms with Crippen molar-refractivity contribution >= 4 is 52.9 Å². The fourth-order valence-corrected chi connectivity index (χ4v) is 6.59. The second-order valence-electron chi connectivity index (χ2n) is 10.6. The van der Waals surface area contributed by atoms with Gasteiger partial charge in [-0.3, -0.25) is 0 Å². The second kappa shape index (κ2) is 14.6. The predicted octanol–water partition coefficient (Wildman–Crippen LogP) is 3.00. The molecule has 0 saturated carbocycles. The first-order chi connectivity index (χ1) is 20.8. The Kier molecular flexibility index (Phi) is 10.6. The first-order valence-electron chi connectivity index (χ1n) is 14.4. The Morgan fingerprint density at radius 2 is 0.864 bits per heavy atom. The van der Waals surface area contributed by atoms with Gasteiger partial charge >= 0.3 is 64.2 Å². The Hall–Kier alpha value is -3.41. The number of fused-ring (bicyclic) bond motifs is 10. The number of hydrogen-bond acceptors (Lipinski definition) is 0. The Bertz CT molecular complexity index is 2030. The Balaban J connectivity index is 0.000000136. The molecule has 0 heterocycles. The minimum absolute atomic E-state index is 0. The summed E-state index contributed by atoms with van der Waals surface area (Å²) in [6.45, 7) is 0. The van der Waals surface area contributed by atoms with Crippen LogP contribution in [0.2, 0.25) is 0 Å². The summed E-state index contributed by atoms with van der Waals surface area (Å²) in [5.74, 6) is 0. The van der Waals surface area contributed by atoms with E-state index in [-0.39, 0.29) is 24.8 Å². The van der Waals surface area contributed by atoms with Gasteiger partial charge in [0.05, 0.1) is 0 Å². The first-order valence-corrected chi connectivity index (χ1v) is 15.8. The fourth-order valence-electron chi connectivity index (χ4n) is 6.11. The first kappa shape index (κ1) is 32.0. The van der Waals surface area contributed by atoms with Crippen molar-refractivity contribution in [2.75, 3.05) is 0 Å². The molecule has 210 valence electrons. The molecule has 0 aliphatic heterocycles. The van der Waals surface area contributed by atoms with E-state index in [0.29, 0.717) is 0 Å². The van der Waals surface area contributed by atoms with Crippen molar-refractivity contribution < 1.29 is 48.8 Å². The molecule has 0 amide bonds. The molecule has 0 bridgehead atoms. The van der Waals surface area contributed by atoms with Gasteiger partial charge in [-0.2, -0.15) is 47.6 Å². The maximum absolute atomic E-state index is 3.33. The van der Waals surface area contributed by atoms with Crippen molar-refractivity contribution in [2.24, 2.45) is 0 Å². The third-order valence-electron chi connectivity index (χ3n) is 8.13. The van der Waals surface area contributed by atoms with Gasteiger partial charge in [0.1, 0.15) is 0 Å². The summed E-state index contributed by atoms with van der Waals surface area (Å²) in [5, 5.41) is 10.8. The molecule has 2 aliphatic carbocycles. The van der Waals surface area contributed by atoms with Crippen molar-refractivity contribution in [2.45, 2.75) is 12.8 Å². The standard InChI is InChI=1S/2C17H11.C6H5B.2ClH.Zr/c2*1-2-6-15-12(4-1)8-10-14-11-9-13-5-3-7-16(13)17(14)15;7-6-4-2-1-3-5-6;;;/h2*1-4,6,8-11H,7H2;1-5H;2*1H;/q2*-1;;;;+2/p-2. The van der Waals surface area contributed by atoms with Crippen molar-refractivity contribution in [3.05, 3.63) is 174 Å². The summed E-state index contributed by atoms with van der Waals surface area (Å²) in [6.07, 6.45) is 13.0. The maximum atomic E-state index is 3.33. The molecule has 4 heteroatoms. The van der Waals surface area contributed by atoms with Gasteiger partial charge < -0.3 is 24.8 Å². The number of hydrogen-bond donors (Lipinski definition) is 0. The molecule has 7 aromatic carbocycles. The molecule has 0 unspecified atom stereocenters. The zero-order chi connectivity index (χ0) is 28.3. The molecule has 0 N–H and O–H groups in total. The van der Waals surface area contributed by atoms with Crippen molar-refractivity contribution in [1.82, 2.24) is 0 Å². The molecule has 0 radical (unpaired) electrons. The van der Waals surface area contributed by atoms with Crippen molar-refractivity contribution in [1.29, 1.82) is 0 Å². The van der Waals surface area contributed by atoms with Crippen LogP contribution >= 0.6 is 0 Å². The van der Waals surface area contributed by atoms with E-state index in [1.807, 2.05) is 6.07 Å². The topological polar surface area (TPSA) is 0 Å². The monoisotopic (exact) mass is 678 g/mol. The van der Waals surface area contributed by atoms with Crippen LogP contribution in [0.25, 0.3) is 43.1 Å². The molecule has 44 heavy (non-hydrogen) atoms. The molecular formula is C40H27BCl2Zr-2. The van der Waals surface area contributed by atoms with E-state index in [0.717, 1.165) is 12.8 Å². The number of halogens is 2. The second-order valence-corrected chi connectivity index (χ2v) is 11.3. The summed E-state index contributed by atoms with van der Waals surface area (Å²) in [6, 6.07) is 45.2. The fraction of sp³-hybridized carbons (Fsp3) is 0.0500. The Morgan fingerprint density at radius 1 is 0.455 bits per heavy atom. The molecule has 0 nitrogen and oxygen atoms in total. The predicted molar refractivity (Wildman–Crippen MR) is 176 cm³/mol. The average molecular weight is 681 g/mol. The summed E-state index contributed by atoms with van der Waals surface area (Å²) < 4.78 is 2.17. The van der Waals surface area contributed by atoms with Gasteiger partial charge in [-0.1, -0.05) is 96.4 Å². The third kappa shape index (κ3) is 6.36. The normalized spacial score (nSPS) is 11.9. The molecule has 0 fully saturated rings.